The van der Waals surface area contributed by atoms with Crippen LogP contribution in [0.15, 0.2) is 0 Å². The van der Waals surface area contributed by atoms with Crippen LogP contribution in [0, 0.1) is 0 Å². The Balaban J connectivity index is 2.31. The molecule has 1 aliphatic heterocycles. The lowest BCUT2D eigenvalue weighted by atomic mass is 10.1. The van der Waals surface area contributed by atoms with Crippen molar-refractivity contribution >= 4 is 0 Å². The lowest BCUT2D eigenvalue weighted by Gasteiger charge is -2.34. The highest BCUT2D eigenvalue weighted by atomic mass is 16.5. The third-order valence-electron chi connectivity index (χ3n) is 2.24. The molecule has 4 heteroatoms. The molecule has 1 rings (SSSR count). The van der Waals surface area contributed by atoms with Crippen molar-refractivity contribution in [3.05, 3.63) is 0 Å². The molecule has 0 aliphatic carbocycles. The van der Waals surface area contributed by atoms with Gasteiger partial charge in [-0.2, -0.15) is 0 Å². The maximum atomic E-state index is 8.79. The molecule has 1 unspecified atom stereocenters. The first-order valence-electron chi connectivity index (χ1n) is 4.51. The Morgan fingerprint density at radius 2 is 2.42 bits per heavy atom. The smallest absolute Gasteiger partial charge is 0.0623 e. The van der Waals surface area contributed by atoms with Gasteiger partial charge in [0.05, 0.1) is 19.8 Å². The summed E-state index contributed by atoms with van der Waals surface area (Å²) < 4.78 is 5.33. The van der Waals surface area contributed by atoms with Gasteiger partial charge in [-0.05, 0) is 13.0 Å². The second-order valence-electron chi connectivity index (χ2n) is 3.07. The summed E-state index contributed by atoms with van der Waals surface area (Å²) in [4.78, 5) is 2.25. The molecule has 0 radical (unpaired) electrons. The van der Waals surface area contributed by atoms with Crippen molar-refractivity contribution in [1.29, 1.82) is 0 Å². The van der Waals surface area contributed by atoms with E-state index in [9.17, 15) is 0 Å². The number of hydrogen-bond acceptors (Lipinski definition) is 4. The third-order valence-corrected chi connectivity index (χ3v) is 2.24. The van der Waals surface area contributed by atoms with Gasteiger partial charge in [0.15, 0.2) is 0 Å². The summed E-state index contributed by atoms with van der Waals surface area (Å²) in [7, 11) is 0. The number of β-amino-alcohol motifs (C(OH)–C–C–N with tert-alkyl or cyclic N) is 1. The van der Waals surface area contributed by atoms with E-state index in [2.05, 4.69) is 4.90 Å². The number of aliphatic hydroxyl groups is 1. The lowest BCUT2D eigenvalue weighted by molar-refractivity contribution is -0.0154. The molecule has 3 N–H and O–H groups in total. The van der Waals surface area contributed by atoms with E-state index in [1.165, 1.54) is 0 Å². The predicted octanol–water partition coefficient (Wildman–Crippen LogP) is -0.972. The van der Waals surface area contributed by atoms with Gasteiger partial charge >= 0.3 is 0 Å². The van der Waals surface area contributed by atoms with Crippen molar-refractivity contribution in [1.82, 2.24) is 4.90 Å². The number of ether oxygens (including phenoxy) is 1. The molecule has 72 valence electrons. The van der Waals surface area contributed by atoms with Gasteiger partial charge in [0.1, 0.15) is 0 Å². The molecule has 0 spiro atoms. The van der Waals surface area contributed by atoms with Gasteiger partial charge in [0, 0.05) is 19.1 Å². The van der Waals surface area contributed by atoms with Crippen molar-refractivity contribution in [2.75, 3.05) is 39.5 Å². The Labute approximate surface area is 73.3 Å². The van der Waals surface area contributed by atoms with E-state index in [1.807, 2.05) is 0 Å². The van der Waals surface area contributed by atoms with Gasteiger partial charge in [-0.25, -0.2) is 0 Å². The topological polar surface area (TPSA) is 58.7 Å². The first kappa shape index (κ1) is 9.92. The molecule has 1 fully saturated rings. The molecule has 0 aromatic heterocycles. The highest BCUT2D eigenvalue weighted by Gasteiger charge is 2.20. The van der Waals surface area contributed by atoms with E-state index in [1.54, 1.807) is 0 Å². The van der Waals surface area contributed by atoms with Gasteiger partial charge in [-0.1, -0.05) is 0 Å². The van der Waals surface area contributed by atoms with Crippen LogP contribution < -0.4 is 5.73 Å². The number of aliphatic hydroxyl groups excluding tert-OH is 1. The first-order valence-corrected chi connectivity index (χ1v) is 4.51. The lowest BCUT2D eigenvalue weighted by Crippen LogP contribution is -2.47. The van der Waals surface area contributed by atoms with Gasteiger partial charge in [-0.15, -0.1) is 0 Å². The minimum atomic E-state index is 0.223. The van der Waals surface area contributed by atoms with Gasteiger partial charge < -0.3 is 15.6 Å². The van der Waals surface area contributed by atoms with Crippen LogP contribution in [-0.2, 0) is 4.74 Å². The van der Waals surface area contributed by atoms with Crippen LogP contribution >= 0.6 is 0 Å². The molecule has 0 amide bonds. The number of morpholine rings is 1. The molecule has 12 heavy (non-hydrogen) atoms. The predicted molar refractivity (Wildman–Crippen MR) is 46.9 cm³/mol. The van der Waals surface area contributed by atoms with Crippen molar-refractivity contribution in [2.24, 2.45) is 5.73 Å². The average Bonchev–Trinajstić information content (AvgIpc) is 2.09. The fourth-order valence-electron chi connectivity index (χ4n) is 1.57. The Kier molecular flexibility index (Phi) is 4.53. The average molecular weight is 174 g/mol. The van der Waals surface area contributed by atoms with Crippen LogP contribution in [0.25, 0.3) is 0 Å². The Bertz CT molecular complexity index is 104. The number of rotatable bonds is 4. The molecule has 1 heterocycles. The SMILES string of the molecule is NCCC1COCCN1CCO. The van der Waals surface area contributed by atoms with Gasteiger partial charge in [-0.3, -0.25) is 4.90 Å². The highest BCUT2D eigenvalue weighted by Crippen LogP contribution is 2.08. The first-order chi connectivity index (χ1) is 5.88. The maximum Gasteiger partial charge on any atom is 0.0623 e. The summed E-state index contributed by atoms with van der Waals surface area (Å²) in [6.45, 7) is 4.12. The van der Waals surface area contributed by atoms with E-state index >= 15 is 0 Å². The van der Waals surface area contributed by atoms with E-state index in [-0.39, 0.29) is 6.61 Å². The van der Waals surface area contributed by atoms with E-state index in [4.69, 9.17) is 15.6 Å². The van der Waals surface area contributed by atoms with Crippen molar-refractivity contribution in [3.8, 4) is 0 Å². The quantitative estimate of drug-likeness (QED) is 0.575. The molecule has 4 nitrogen and oxygen atoms in total. The zero-order chi connectivity index (χ0) is 8.81. The Morgan fingerprint density at radius 3 is 3.08 bits per heavy atom. The van der Waals surface area contributed by atoms with Gasteiger partial charge in [0.2, 0.25) is 0 Å². The zero-order valence-corrected chi connectivity index (χ0v) is 7.41. The summed E-state index contributed by atoms with van der Waals surface area (Å²) in [5.74, 6) is 0. The Morgan fingerprint density at radius 1 is 1.58 bits per heavy atom. The highest BCUT2D eigenvalue weighted by molar-refractivity contribution is 4.75. The molecule has 1 saturated heterocycles. The van der Waals surface area contributed by atoms with Gasteiger partial charge in [0.25, 0.3) is 0 Å². The molecule has 1 aliphatic rings. The van der Waals surface area contributed by atoms with E-state index in [0.717, 1.165) is 32.7 Å². The normalized spacial score (nSPS) is 26.0. The molecular weight excluding hydrogens is 156 g/mol. The fraction of sp³-hybridized carbons (Fsp3) is 1.00. The monoisotopic (exact) mass is 174 g/mol. The van der Waals surface area contributed by atoms with E-state index < -0.39 is 0 Å². The second kappa shape index (κ2) is 5.48. The van der Waals surface area contributed by atoms with Crippen molar-refractivity contribution in [3.63, 3.8) is 0 Å². The van der Waals surface area contributed by atoms with Crippen molar-refractivity contribution < 1.29 is 9.84 Å². The molecule has 1 atom stereocenters. The van der Waals surface area contributed by atoms with E-state index in [0.29, 0.717) is 12.6 Å². The second-order valence-corrected chi connectivity index (χ2v) is 3.07. The fourth-order valence-corrected chi connectivity index (χ4v) is 1.57. The number of nitrogens with two attached hydrogens (primary N) is 1. The summed E-state index contributed by atoms with van der Waals surface area (Å²) >= 11 is 0. The number of hydrogen-bond donors (Lipinski definition) is 2. The molecule has 0 bridgehead atoms. The Hall–Kier alpha value is -0.160. The summed E-state index contributed by atoms with van der Waals surface area (Å²) in [6, 6.07) is 0.413. The summed E-state index contributed by atoms with van der Waals surface area (Å²) in [5.41, 5.74) is 5.47. The van der Waals surface area contributed by atoms with Crippen LogP contribution in [-0.4, -0.2) is 55.5 Å². The molecule has 0 saturated carbocycles. The minimum Gasteiger partial charge on any atom is -0.395 e. The molecular formula is C8H18N2O2. The standard InChI is InChI=1S/C8H18N2O2/c9-2-1-8-7-12-6-4-10(8)3-5-11/h8,11H,1-7,9H2. The summed E-state index contributed by atoms with van der Waals surface area (Å²) in [5, 5.41) is 8.79. The minimum absolute atomic E-state index is 0.223. The largest absolute Gasteiger partial charge is 0.395 e. The van der Waals surface area contributed by atoms with Crippen LogP contribution in [0.1, 0.15) is 6.42 Å². The van der Waals surface area contributed by atoms with Crippen molar-refractivity contribution in [2.45, 2.75) is 12.5 Å². The number of nitrogens with zero attached hydrogens (tertiary/aromatic N) is 1. The van der Waals surface area contributed by atoms with Crippen LogP contribution in [0.4, 0.5) is 0 Å². The maximum absolute atomic E-state index is 8.79. The zero-order valence-electron chi connectivity index (χ0n) is 7.41. The molecule has 0 aromatic carbocycles. The molecule has 0 aromatic rings. The van der Waals surface area contributed by atoms with Crippen LogP contribution in [0.2, 0.25) is 0 Å². The third kappa shape index (κ3) is 2.71. The summed E-state index contributed by atoms with van der Waals surface area (Å²) in [6.07, 6.45) is 0.958. The van der Waals surface area contributed by atoms with Crippen LogP contribution in [0.5, 0.6) is 0 Å². The van der Waals surface area contributed by atoms with Crippen LogP contribution in [0.3, 0.4) is 0 Å².